The molecule has 0 radical (unpaired) electrons. The molecule has 1 heterocycles. The van der Waals surface area contributed by atoms with Crippen molar-refractivity contribution in [3.8, 4) is 11.5 Å². The average Bonchev–Trinajstić information content (AvgIpc) is 3.00. The summed E-state index contributed by atoms with van der Waals surface area (Å²) in [7, 11) is 2.84. The molecule has 0 N–H and O–H groups in total. The highest BCUT2D eigenvalue weighted by molar-refractivity contribution is 9.10. The van der Waals surface area contributed by atoms with E-state index in [1.54, 1.807) is 6.07 Å². The first-order chi connectivity index (χ1) is 14.1. The van der Waals surface area contributed by atoms with Crippen molar-refractivity contribution in [2.24, 2.45) is 5.10 Å². The van der Waals surface area contributed by atoms with Crippen LogP contribution in [0.15, 0.2) is 27.3 Å². The molecule has 3 rings (SSSR count). The van der Waals surface area contributed by atoms with E-state index in [4.69, 9.17) is 9.47 Å². The highest BCUT2D eigenvalue weighted by atomic mass is 79.9. The number of anilines is 1. The van der Waals surface area contributed by atoms with Crippen molar-refractivity contribution >= 4 is 39.3 Å². The van der Waals surface area contributed by atoms with E-state index >= 15 is 0 Å². The number of hydrazone groups is 1. The molecule has 30 heavy (non-hydrogen) atoms. The van der Waals surface area contributed by atoms with Crippen molar-refractivity contribution in [3.63, 3.8) is 0 Å². The van der Waals surface area contributed by atoms with Crippen molar-refractivity contribution < 1.29 is 36.2 Å². The number of methoxy groups -OCH3 is 2. The Bertz CT molecular complexity index is 1100. The first-order valence-electron chi connectivity index (χ1n) is 8.17. The first kappa shape index (κ1) is 21.8. The summed E-state index contributed by atoms with van der Waals surface area (Å²) in [5, 5.41) is 3.83. The summed E-state index contributed by atoms with van der Waals surface area (Å²) in [5.41, 5.74) is -1.15. The second-order valence-corrected chi connectivity index (χ2v) is 6.86. The minimum Gasteiger partial charge on any atom is -0.493 e. The van der Waals surface area contributed by atoms with E-state index < -0.39 is 40.7 Å². The fourth-order valence-electron chi connectivity index (χ4n) is 2.75. The average molecular weight is 491 g/mol. The van der Waals surface area contributed by atoms with Gasteiger partial charge in [-0.25, -0.2) is 22.0 Å². The van der Waals surface area contributed by atoms with Gasteiger partial charge in [0.2, 0.25) is 5.82 Å². The maximum atomic E-state index is 14.1. The molecule has 0 unspecified atom stereocenters. The summed E-state index contributed by atoms with van der Waals surface area (Å²) in [6.07, 6.45) is 1.33. The molecular formula is C19H12BrF5N2O3. The monoisotopic (exact) mass is 490 g/mol. The van der Waals surface area contributed by atoms with Gasteiger partial charge in [-0.1, -0.05) is 15.9 Å². The van der Waals surface area contributed by atoms with Gasteiger partial charge < -0.3 is 9.47 Å². The summed E-state index contributed by atoms with van der Waals surface area (Å²) in [6, 6.07) is 3.09. The van der Waals surface area contributed by atoms with Crippen LogP contribution >= 0.6 is 15.9 Å². The maximum absolute atomic E-state index is 14.1. The number of rotatable bonds is 4. The predicted octanol–water partition coefficient (Wildman–Crippen LogP) is 4.97. The molecule has 0 atom stereocenters. The Morgan fingerprint density at radius 1 is 0.933 bits per heavy atom. The molecule has 0 spiro atoms. The van der Waals surface area contributed by atoms with Crippen molar-refractivity contribution in [2.45, 2.75) is 6.92 Å². The highest BCUT2D eigenvalue weighted by Crippen LogP contribution is 2.37. The molecule has 2 aromatic carbocycles. The largest absolute Gasteiger partial charge is 0.493 e. The van der Waals surface area contributed by atoms with Gasteiger partial charge in [-0.2, -0.15) is 10.1 Å². The van der Waals surface area contributed by atoms with Gasteiger partial charge in [0, 0.05) is 4.47 Å². The van der Waals surface area contributed by atoms with E-state index in [9.17, 15) is 26.7 Å². The van der Waals surface area contributed by atoms with Crippen molar-refractivity contribution in [3.05, 3.63) is 56.8 Å². The van der Waals surface area contributed by atoms with E-state index in [1.807, 2.05) is 0 Å². The van der Waals surface area contributed by atoms with Crippen LogP contribution in [0.2, 0.25) is 0 Å². The molecular weight excluding hydrogens is 479 g/mol. The Kier molecular flexibility index (Phi) is 5.84. The van der Waals surface area contributed by atoms with Crippen LogP contribution in [0.25, 0.3) is 6.08 Å². The number of benzene rings is 2. The third kappa shape index (κ3) is 3.42. The minimum absolute atomic E-state index is 0.00521. The molecule has 0 aliphatic carbocycles. The van der Waals surface area contributed by atoms with Gasteiger partial charge in [0.15, 0.2) is 34.8 Å². The quantitative estimate of drug-likeness (QED) is 0.263. The molecule has 0 fully saturated rings. The SMILES string of the molecule is COc1cc(Br)c(/C=C2/C(=O)N(c3c(F)c(F)c(F)c(F)c3F)N=C2C)cc1OC. The fraction of sp³-hybridized carbons (Fsp3) is 0.158. The molecule has 0 aromatic heterocycles. The molecule has 1 amide bonds. The number of carbonyl (C=O) groups is 1. The van der Waals surface area contributed by atoms with Gasteiger partial charge in [0.1, 0.15) is 5.69 Å². The Hall–Kier alpha value is -2.95. The van der Waals surface area contributed by atoms with Crippen LogP contribution in [0, 0.1) is 29.1 Å². The molecule has 2 aromatic rings. The van der Waals surface area contributed by atoms with E-state index in [0.29, 0.717) is 21.5 Å². The second-order valence-electron chi connectivity index (χ2n) is 6.01. The summed E-state index contributed by atoms with van der Waals surface area (Å²) in [5.74, 6) is -11.3. The summed E-state index contributed by atoms with van der Waals surface area (Å²) in [4.78, 5) is 12.7. The summed E-state index contributed by atoms with van der Waals surface area (Å²) < 4.78 is 79.4. The fourth-order valence-corrected chi connectivity index (χ4v) is 3.19. The van der Waals surface area contributed by atoms with Crippen LogP contribution in [0.1, 0.15) is 12.5 Å². The van der Waals surface area contributed by atoms with Crippen LogP contribution in [0.5, 0.6) is 11.5 Å². The number of hydrogen-bond donors (Lipinski definition) is 0. The molecule has 0 saturated heterocycles. The minimum atomic E-state index is -2.33. The van der Waals surface area contributed by atoms with E-state index in [0.717, 1.165) is 0 Å². The Balaban J connectivity index is 2.11. The summed E-state index contributed by atoms with van der Waals surface area (Å²) in [6.45, 7) is 1.35. The molecule has 158 valence electrons. The molecule has 5 nitrogen and oxygen atoms in total. The lowest BCUT2D eigenvalue weighted by Crippen LogP contribution is -2.25. The second kappa shape index (κ2) is 8.05. The highest BCUT2D eigenvalue weighted by Gasteiger charge is 2.37. The zero-order valence-electron chi connectivity index (χ0n) is 15.6. The number of amides is 1. The van der Waals surface area contributed by atoms with Gasteiger partial charge in [-0.3, -0.25) is 4.79 Å². The number of nitrogens with zero attached hydrogens (tertiary/aromatic N) is 2. The Morgan fingerprint density at radius 3 is 1.97 bits per heavy atom. The Morgan fingerprint density at radius 2 is 1.43 bits per heavy atom. The van der Waals surface area contributed by atoms with Gasteiger partial charge in [-0.05, 0) is 30.7 Å². The number of carbonyl (C=O) groups excluding carboxylic acids is 1. The lowest BCUT2D eigenvalue weighted by molar-refractivity contribution is -0.114. The van der Waals surface area contributed by atoms with Crippen LogP contribution in [-0.4, -0.2) is 25.8 Å². The maximum Gasteiger partial charge on any atom is 0.280 e. The van der Waals surface area contributed by atoms with Crippen LogP contribution in [0.3, 0.4) is 0 Å². The normalized spacial score (nSPS) is 15.1. The number of hydrogen-bond acceptors (Lipinski definition) is 4. The van der Waals surface area contributed by atoms with Gasteiger partial charge >= 0.3 is 0 Å². The van der Waals surface area contributed by atoms with Crippen molar-refractivity contribution in [2.75, 3.05) is 19.2 Å². The molecule has 1 aliphatic heterocycles. The van der Waals surface area contributed by atoms with Gasteiger partial charge in [0.25, 0.3) is 5.91 Å². The zero-order chi connectivity index (χ0) is 22.3. The smallest absolute Gasteiger partial charge is 0.280 e. The topological polar surface area (TPSA) is 51.1 Å². The van der Waals surface area contributed by atoms with Crippen LogP contribution < -0.4 is 14.5 Å². The van der Waals surface area contributed by atoms with E-state index in [-0.39, 0.29) is 16.3 Å². The van der Waals surface area contributed by atoms with E-state index in [2.05, 4.69) is 21.0 Å². The lowest BCUT2D eigenvalue weighted by Gasteiger charge is -2.15. The molecule has 11 heteroatoms. The van der Waals surface area contributed by atoms with Crippen LogP contribution in [-0.2, 0) is 4.79 Å². The number of halogens is 6. The third-order valence-electron chi connectivity index (χ3n) is 4.26. The third-order valence-corrected chi connectivity index (χ3v) is 4.95. The van der Waals surface area contributed by atoms with Gasteiger partial charge in [0.05, 0.1) is 25.5 Å². The first-order valence-corrected chi connectivity index (χ1v) is 8.96. The van der Waals surface area contributed by atoms with Crippen LogP contribution in [0.4, 0.5) is 27.6 Å². The predicted molar refractivity (Wildman–Crippen MR) is 102 cm³/mol. The van der Waals surface area contributed by atoms with E-state index in [1.165, 1.54) is 33.3 Å². The molecule has 0 saturated carbocycles. The van der Waals surface area contributed by atoms with Gasteiger partial charge in [-0.15, -0.1) is 0 Å². The standard InChI is InChI=1S/C19H12BrF5N2O3/c1-7-9(4-8-5-11(29-2)12(30-3)6-10(8)20)19(28)27(26-7)18-16(24)14(22)13(21)15(23)17(18)25/h4-6H,1-3H3/b9-4+. The molecule has 0 bridgehead atoms. The summed E-state index contributed by atoms with van der Waals surface area (Å²) >= 11 is 3.30. The molecule has 1 aliphatic rings. The Labute approximate surface area is 175 Å². The number of ether oxygens (including phenoxy) is 2. The zero-order valence-corrected chi connectivity index (χ0v) is 17.2. The van der Waals surface area contributed by atoms with Crippen molar-refractivity contribution in [1.82, 2.24) is 0 Å². The lowest BCUT2D eigenvalue weighted by atomic mass is 10.1. The van der Waals surface area contributed by atoms with Crippen molar-refractivity contribution in [1.29, 1.82) is 0 Å².